The maximum Gasteiger partial charge on any atom is 0.262 e. The van der Waals surface area contributed by atoms with Crippen molar-refractivity contribution in [1.29, 1.82) is 0 Å². The molecule has 8 heteroatoms. The lowest BCUT2D eigenvalue weighted by Crippen LogP contribution is -2.36. The Morgan fingerprint density at radius 3 is 2.59 bits per heavy atom. The molecule has 1 unspecified atom stereocenters. The predicted molar refractivity (Wildman–Crippen MR) is 137 cm³/mol. The van der Waals surface area contributed by atoms with Gasteiger partial charge in [0.25, 0.3) is 17.7 Å². The second kappa shape index (κ2) is 10.4. The molecule has 2 aliphatic heterocycles. The minimum absolute atomic E-state index is 0.109. The van der Waals surface area contributed by atoms with Crippen molar-refractivity contribution in [2.24, 2.45) is 0 Å². The van der Waals surface area contributed by atoms with Gasteiger partial charge in [0.1, 0.15) is 17.2 Å². The SMILES string of the molecule is Cc1cccc(OCC(=O)Nc2cccc(Oc3ccc4c(c3)C(=O)N(CC3CCCO3)C4=O)c2)c1C. The van der Waals surface area contributed by atoms with Crippen molar-refractivity contribution < 1.29 is 28.6 Å². The van der Waals surface area contributed by atoms with Crippen LogP contribution in [0.1, 0.15) is 44.7 Å². The molecule has 1 saturated heterocycles. The number of imide groups is 1. The van der Waals surface area contributed by atoms with E-state index in [1.54, 1.807) is 42.5 Å². The summed E-state index contributed by atoms with van der Waals surface area (Å²) in [6, 6.07) is 17.5. The van der Waals surface area contributed by atoms with Crippen molar-refractivity contribution >= 4 is 23.4 Å². The average molecular weight is 501 g/mol. The Labute approximate surface area is 215 Å². The maximum atomic E-state index is 12.9. The van der Waals surface area contributed by atoms with E-state index in [9.17, 15) is 14.4 Å². The summed E-state index contributed by atoms with van der Waals surface area (Å²) in [7, 11) is 0. The number of nitrogens with one attached hydrogen (secondary N) is 1. The molecule has 8 nitrogen and oxygen atoms in total. The standard InChI is InChI=1S/C29H28N2O6/c1-18-6-3-10-26(19(18)2)36-17-27(32)30-20-7-4-8-21(14-20)37-22-11-12-24-25(15-22)29(34)31(28(24)33)16-23-9-5-13-35-23/h3-4,6-8,10-12,14-15,23H,5,9,13,16-17H2,1-2H3,(H,30,32). The minimum Gasteiger partial charge on any atom is -0.483 e. The zero-order valence-corrected chi connectivity index (χ0v) is 20.8. The number of carbonyl (C=O) groups excluding carboxylic acids is 3. The number of fused-ring (bicyclic) bond motifs is 1. The molecule has 0 aliphatic carbocycles. The van der Waals surface area contributed by atoms with Crippen molar-refractivity contribution in [3.8, 4) is 17.2 Å². The molecule has 1 N–H and O–H groups in total. The van der Waals surface area contributed by atoms with Gasteiger partial charge in [-0.1, -0.05) is 18.2 Å². The zero-order chi connectivity index (χ0) is 25.9. The van der Waals surface area contributed by atoms with Crippen molar-refractivity contribution in [3.05, 3.63) is 82.9 Å². The van der Waals surface area contributed by atoms with Crippen LogP contribution in [0.3, 0.4) is 0 Å². The Morgan fingerprint density at radius 1 is 1.00 bits per heavy atom. The number of hydrogen-bond donors (Lipinski definition) is 1. The monoisotopic (exact) mass is 500 g/mol. The number of hydrogen-bond acceptors (Lipinski definition) is 6. The first-order valence-electron chi connectivity index (χ1n) is 12.3. The van der Waals surface area contributed by atoms with Gasteiger partial charge in [-0.3, -0.25) is 19.3 Å². The van der Waals surface area contributed by atoms with Crippen LogP contribution in [0.15, 0.2) is 60.7 Å². The molecule has 37 heavy (non-hydrogen) atoms. The van der Waals surface area contributed by atoms with Crippen molar-refractivity contribution in [1.82, 2.24) is 4.90 Å². The van der Waals surface area contributed by atoms with E-state index in [2.05, 4.69) is 5.32 Å². The predicted octanol–water partition coefficient (Wildman–Crippen LogP) is 4.89. The maximum absolute atomic E-state index is 12.9. The summed E-state index contributed by atoms with van der Waals surface area (Å²) >= 11 is 0. The Hall–Kier alpha value is -4.17. The van der Waals surface area contributed by atoms with Gasteiger partial charge in [-0.2, -0.15) is 0 Å². The van der Waals surface area contributed by atoms with Crippen LogP contribution < -0.4 is 14.8 Å². The second-order valence-corrected chi connectivity index (χ2v) is 9.23. The minimum atomic E-state index is -0.342. The summed E-state index contributed by atoms with van der Waals surface area (Å²) in [6.45, 7) is 4.73. The fourth-order valence-corrected chi connectivity index (χ4v) is 4.49. The average Bonchev–Trinajstić information content (AvgIpc) is 3.48. The van der Waals surface area contributed by atoms with Crippen LogP contribution in [0.25, 0.3) is 0 Å². The first kappa shape index (κ1) is 24.5. The first-order valence-corrected chi connectivity index (χ1v) is 12.3. The van der Waals surface area contributed by atoms with E-state index in [0.29, 0.717) is 40.7 Å². The fourth-order valence-electron chi connectivity index (χ4n) is 4.49. The molecule has 2 heterocycles. The van der Waals surface area contributed by atoms with Crippen LogP contribution in [-0.4, -0.2) is 48.5 Å². The van der Waals surface area contributed by atoms with E-state index in [1.165, 1.54) is 4.90 Å². The lowest BCUT2D eigenvalue weighted by molar-refractivity contribution is -0.118. The number of carbonyl (C=O) groups is 3. The Balaban J connectivity index is 1.22. The van der Waals surface area contributed by atoms with Gasteiger partial charge in [-0.25, -0.2) is 0 Å². The normalized spacial score (nSPS) is 16.6. The van der Waals surface area contributed by atoms with Crippen LogP contribution in [0.4, 0.5) is 5.69 Å². The van der Waals surface area contributed by atoms with Crippen LogP contribution >= 0.6 is 0 Å². The highest BCUT2D eigenvalue weighted by Gasteiger charge is 2.37. The van der Waals surface area contributed by atoms with Gasteiger partial charge >= 0.3 is 0 Å². The van der Waals surface area contributed by atoms with E-state index in [1.807, 2.05) is 32.0 Å². The molecular weight excluding hydrogens is 472 g/mol. The summed E-state index contributed by atoms with van der Waals surface area (Å²) in [5.74, 6) is 0.611. The highest BCUT2D eigenvalue weighted by atomic mass is 16.5. The molecule has 0 aromatic heterocycles. The second-order valence-electron chi connectivity index (χ2n) is 9.23. The van der Waals surface area contributed by atoms with Crippen molar-refractivity contribution in [2.45, 2.75) is 32.8 Å². The summed E-state index contributed by atoms with van der Waals surface area (Å²) in [6.07, 6.45) is 1.67. The highest BCUT2D eigenvalue weighted by Crippen LogP contribution is 2.31. The molecule has 1 atom stereocenters. The molecule has 3 aromatic carbocycles. The highest BCUT2D eigenvalue weighted by molar-refractivity contribution is 6.21. The number of benzene rings is 3. The summed E-state index contributed by atoms with van der Waals surface area (Å²) in [5, 5.41) is 2.81. The third-order valence-corrected chi connectivity index (χ3v) is 6.62. The van der Waals surface area contributed by atoms with E-state index in [-0.39, 0.29) is 37.0 Å². The number of aryl methyl sites for hydroxylation is 1. The zero-order valence-electron chi connectivity index (χ0n) is 20.8. The molecule has 190 valence electrons. The molecule has 0 spiro atoms. The molecule has 0 saturated carbocycles. The lowest BCUT2D eigenvalue weighted by atomic mass is 10.1. The number of amides is 3. The van der Waals surface area contributed by atoms with E-state index < -0.39 is 0 Å². The molecule has 1 fully saturated rings. The van der Waals surface area contributed by atoms with E-state index >= 15 is 0 Å². The number of nitrogens with zero attached hydrogens (tertiary/aromatic N) is 1. The Bertz CT molecular complexity index is 1360. The van der Waals surface area contributed by atoms with Gasteiger partial charge in [0, 0.05) is 18.4 Å². The van der Waals surface area contributed by atoms with Gasteiger partial charge < -0.3 is 19.5 Å². The topological polar surface area (TPSA) is 94.2 Å². The summed E-state index contributed by atoms with van der Waals surface area (Å²) in [4.78, 5) is 39.4. The van der Waals surface area contributed by atoms with Gasteiger partial charge in [0.15, 0.2) is 6.61 Å². The number of rotatable bonds is 8. The van der Waals surface area contributed by atoms with Crippen LogP contribution in [0.5, 0.6) is 17.2 Å². The first-order chi connectivity index (χ1) is 17.9. The van der Waals surface area contributed by atoms with Crippen LogP contribution in [-0.2, 0) is 9.53 Å². The third kappa shape index (κ3) is 5.34. The molecule has 3 aromatic rings. The Kier molecular flexibility index (Phi) is 6.92. The number of ether oxygens (including phenoxy) is 3. The smallest absolute Gasteiger partial charge is 0.262 e. The lowest BCUT2D eigenvalue weighted by Gasteiger charge is -2.17. The molecule has 2 aliphatic rings. The van der Waals surface area contributed by atoms with Gasteiger partial charge in [0.2, 0.25) is 0 Å². The molecule has 5 rings (SSSR count). The molecule has 0 bridgehead atoms. The molecule has 3 amide bonds. The van der Waals surface area contributed by atoms with E-state index in [4.69, 9.17) is 14.2 Å². The van der Waals surface area contributed by atoms with E-state index in [0.717, 1.165) is 24.0 Å². The Morgan fingerprint density at radius 2 is 1.78 bits per heavy atom. The van der Waals surface area contributed by atoms with Gasteiger partial charge in [-0.15, -0.1) is 0 Å². The quantitative estimate of drug-likeness (QED) is 0.443. The summed E-state index contributed by atoms with van der Waals surface area (Å²) in [5.41, 5.74) is 3.31. The van der Waals surface area contributed by atoms with Gasteiger partial charge in [-0.05, 0) is 74.2 Å². The number of anilines is 1. The molecule has 0 radical (unpaired) electrons. The van der Waals surface area contributed by atoms with Crippen molar-refractivity contribution in [2.75, 3.05) is 25.1 Å². The molecular formula is C29H28N2O6. The van der Waals surface area contributed by atoms with Crippen molar-refractivity contribution in [3.63, 3.8) is 0 Å². The fraction of sp³-hybridized carbons (Fsp3) is 0.276. The third-order valence-electron chi connectivity index (χ3n) is 6.62. The van der Waals surface area contributed by atoms with Crippen LogP contribution in [0.2, 0.25) is 0 Å². The largest absolute Gasteiger partial charge is 0.483 e. The van der Waals surface area contributed by atoms with Crippen LogP contribution in [0, 0.1) is 13.8 Å². The summed E-state index contributed by atoms with van der Waals surface area (Å²) < 4.78 is 17.2. The van der Waals surface area contributed by atoms with Gasteiger partial charge in [0.05, 0.1) is 23.8 Å².